The summed E-state index contributed by atoms with van der Waals surface area (Å²) in [5.41, 5.74) is 2.69. The third-order valence-electron chi connectivity index (χ3n) is 5.23. The van der Waals surface area contributed by atoms with Crippen LogP contribution in [0.25, 0.3) is 6.08 Å². The van der Waals surface area contributed by atoms with Crippen molar-refractivity contribution in [1.29, 1.82) is 0 Å². The fraction of sp³-hybridized carbons (Fsp3) is 0.455. The second-order valence-electron chi connectivity index (χ2n) is 7.46. The zero-order chi connectivity index (χ0) is 20.8. The molecule has 0 spiro atoms. The number of hydrogen-bond donors (Lipinski definition) is 0. The molecule has 1 unspecified atom stereocenters. The van der Waals surface area contributed by atoms with Crippen LogP contribution in [0.4, 0.5) is 0 Å². The zero-order valence-corrected chi connectivity index (χ0v) is 18.1. The first-order valence-electron chi connectivity index (χ1n) is 9.97. The first-order valence-corrected chi connectivity index (χ1v) is 10.4. The number of hydrogen-bond acceptors (Lipinski definition) is 4. The standard InChI is InChI=1S/C22H29ClN4O2/c1-17(15-26-11-13-29-14-12-26)27(16-19-7-5-4-6-8-19)21(28)10-9-20-18(2)24-25(3)22(20)23/h4-10,17H,11-16H2,1-3H3/b10-9+. The molecule has 0 bridgehead atoms. The van der Waals surface area contributed by atoms with Gasteiger partial charge in [0.2, 0.25) is 5.91 Å². The monoisotopic (exact) mass is 416 g/mol. The molecular formula is C22H29ClN4O2. The largest absolute Gasteiger partial charge is 0.379 e. The van der Waals surface area contributed by atoms with E-state index in [9.17, 15) is 4.79 Å². The predicted molar refractivity (Wildman–Crippen MR) is 116 cm³/mol. The molecule has 0 aliphatic carbocycles. The first-order chi connectivity index (χ1) is 14.0. The molecule has 156 valence electrons. The molecule has 1 aliphatic rings. The van der Waals surface area contributed by atoms with Crippen molar-refractivity contribution in [2.75, 3.05) is 32.8 Å². The average Bonchev–Trinajstić information content (AvgIpc) is 2.97. The second-order valence-corrected chi connectivity index (χ2v) is 7.82. The van der Waals surface area contributed by atoms with Gasteiger partial charge in [-0.2, -0.15) is 5.10 Å². The highest BCUT2D eigenvalue weighted by atomic mass is 35.5. The Labute approximate surface area is 177 Å². The summed E-state index contributed by atoms with van der Waals surface area (Å²) >= 11 is 6.30. The fourth-order valence-electron chi connectivity index (χ4n) is 3.57. The lowest BCUT2D eigenvalue weighted by atomic mass is 10.1. The number of morpholine rings is 1. The molecule has 29 heavy (non-hydrogen) atoms. The summed E-state index contributed by atoms with van der Waals surface area (Å²) in [5, 5.41) is 4.83. The van der Waals surface area contributed by atoms with Crippen molar-refractivity contribution in [3.05, 3.63) is 58.4 Å². The van der Waals surface area contributed by atoms with E-state index in [0.29, 0.717) is 11.7 Å². The third-order valence-corrected chi connectivity index (χ3v) is 5.67. The minimum Gasteiger partial charge on any atom is -0.379 e. The number of carbonyl (C=O) groups excluding carboxylic acids is 1. The number of aromatic nitrogens is 2. The van der Waals surface area contributed by atoms with E-state index in [2.05, 4.69) is 16.9 Å². The number of benzene rings is 1. The van der Waals surface area contributed by atoms with Crippen molar-refractivity contribution in [3.63, 3.8) is 0 Å². The highest BCUT2D eigenvalue weighted by molar-refractivity contribution is 6.31. The van der Waals surface area contributed by atoms with Gasteiger partial charge in [-0.1, -0.05) is 41.9 Å². The Kier molecular flexibility index (Phi) is 7.47. The van der Waals surface area contributed by atoms with Crippen LogP contribution in [0.1, 0.15) is 23.7 Å². The molecule has 0 saturated carbocycles. The lowest BCUT2D eigenvalue weighted by molar-refractivity contribution is -0.129. The molecule has 2 aromatic rings. The number of amides is 1. The van der Waals surface area contributed by atoms with Crippen LogP contribution in [0.5, 0.6) is 0 Å². The van der Waals surface area contributed by atoms with Crippen molar-refractivity contribution in [2.45, 2.75) is 26.4 Å². The van der Waals surface area contributed by atoms with E-state index in [4.69, 9.17) is 16.3 Å². The normalized spacial score (nSPS) is 16.3. The highest BCUT2D eigenvalue weighted by Gasteiger charge is 2.22. The topological polar surface area (TPSA) is 50.6 Å². The molecule has 0 radical (unpaired) electrons. The van der Waals surface area contributed by atoms with Gasteiger partial charge in [-0.05, 0) is 25.5 Å². The van der Waals surface area contributed by atoms with Crippen molar-refractivity contribution >= 4 is 23.6 Å². The maximum atomic E-state index is 13.2. The summed E-state index contributed by atoms with van der Waals surface area (Å²) in [7, 11) is 1.79. The Morgan fingerprint density at radius 1 is 1.31 bits per heavy atom. The van der Waals surface area contributed by atoms with E-state index >= 15 is 0 Å². The second kappa shape index (κ2) is 10.1. The summed E-state index contributed by atoms with van der Waals surface area (Å²) in [6, 6.07) is 10.1. The molecular weight excluding hydrogens is 388 g/mol. The van der Waals surface area contributed by atoms with Crippen molar-refractivity contribution < 1.29 is 9.53 Å². The lowest BCUT2D eigenvalue weighted by Crippen LogP contribution is -2.47. The summed E-state index contributed by atoms with van der Waals surface area (Å²) in [4.78, 5) is 17.4. The van der Waals surface area contributed by atoms with Crippen LogP contribution >= 0.6 is 11.6 Å². The molecule has 3 rings (SSSR count). The smallest absolute Gasteiger partial charge is 0.247 e. The Morgan fingerprint density at radius 2 is 2.00 bits per heavy atom. The summed E-state index contributed by atoms with van der Waals surface area (Å²) in [6.45, 7) is 8.68. The van der Waals surface area contributed by atoms with Crippen LogP contribution in [0, 0.1) is 6.92 Å². The number of aryl methyl sites for hydroxylation is 2. The summed E-state index contributed by atoms with van der Waals surface area (Å²) in [5.74, 6) is -0.0334. The van der Waals surface area contributed by atoms with Gasteiger partial charge in [0.05, 0.1) is 18.9 Å². The molecule has 6 nitrogen and oxygen atoms in total. The third kappa shape index (κ3) is 5.69. The van der Waals surface area contributed by atoms with Gasteiger partial charge in [-0.15, -0.1) is 0 Å². The number of ether oxygens (including phenoxy) is 1. The summed E-state index contributed by atoms with van der Waals surface area (Å²) < 4.78 is 7.06. The van der Waals surface area contributed by atoms with Gasteiger partial charge in [-0.25, -0.2) is 0 Å². The van der Waals surface area contributed by atoms with Crippen molar-refractivity contribution in [3.8, 4) is 0 Å². The van der Waals surface area contributed by atoms with Crippen LogP contribution in [-0.4, -0.2) is 64.4 Å². The van der Waals surface area contributed by atoms with Crippen LogP contribution in [0.15, 0.2) is 36.4 Å². The Morgan fingerprint density at radius 3 is 2.62 bits per heavy atom. The van der Waals surface area contributed by atoms with Gasteiger partial charge in [0, 0.05) is 50.9 Å². The molecule has 7 heteroatoms. The van der Waals surface area contributed by atoms with Gasteiger partial charge >= 0.3 is 0 Å². The van der Waals surface area contributed by atoms with E-state index < -0.39 is 0 Å². The molecule has 1 aromatic heterocycles. The Hall–Kier alpha value is -2.15. The molecule has 1 saturated heterocycles. The van der Waals surface area contributed by atoms with Crippen molar-refractivity contribution in [2.24, 2.45) is 7.05 Å². The minimum atomic E-state index is -0.0334. The van der Waals surface area contributed by atoms with Gasteiger partial charge in [-0.3, -0.25) is 14.4 Å². The van der Waals surface area contributed by atoms with Crippen LogP contribution in [-0.2, 0) is 23.1 Å². The maximum Gasteiger partial charge on any atom is 0.247 e. The fourth-order valence-corrected chi connectivity index (χ4v) is 3.81. The first kappa shape index (κ1) is 21.6. The molecule has 1 aliphatic heterocycles. The predicted octanol–water partition coefficient (Wildman–Crippen LogP) is 3.14. The molecule has 2 heterocycles. The van der Waals surface area contributed by atoms with Crippen LogP contribution < -0.4 is 0 Å². The van der Waals surface area contributed by atoms with E-state index in [1.807, 2.05) is 42.2 Å². The highest BCUT2D eigenvalue weighted by Crippen LogP contribution is 2.20. The average molecular weight is 417 g/mol. The van der Waals surface area contributed by atoms with Gasteiger partial charge in [0.1, 0.15) is 5.15 Å². The maximum absolute atomic E-state index is 13.2. The zero-order valence-electron chi connectivity index (χ0n) is 17.3. The van der Waals surface area contributed by atoms with E-state index in [1.54, 1.807) is 23.9 Å². The quantitative estimate of drug-likeness (QED) is 0.650. The molecule has 1 atom stereocenters. The number of halogens is 1. The number of rotatable bonds is 7. The number of carbonyl (C=O) groups is 1. The molecule has 1 fully saturated rings. The number of nitrogens with zero attached hydrogens (tertiary/aromatic N) is 4. The Balaban J connectivity index is 1.77. The van der Waals surface area contributed by atoms with Crippen molar-refractivity contribution in [1.82, 2.24) is 19.6 Å². The van der Waals surface area contributed by atoms with Gasteiger partial charge < -0.3 is 9.64 Å². The minimum absolute atomic E-state index is 0.0334. The molecule has 1 aromatic carbocycles. The van der Waals surface area contributed by atoms with Crippen LogP contribution in [0.3, 0.4) is 0 Å². The van der Waals surface area contributed by atoms with E-state index in [0.717, 1.165) is 49.7 Å². The SMILES string of the molecule is Cc1nn(C)c(Cl)c1/C=C/C(=O)N(Cc1ccccc1)C(C)CN1CCOCC1. The van der Waals surface area contributed by atoms with Gasteiger partial charge in [0.15, 0.2) is 0 Å². The Bertz CT molecular complexity index is 844. The molecule has 1 amide bonds. The van der Waals surface area contributed by atoms with Crippen LogP contribution in [0.2, 0.25) is 5.15 Å². The lowest BCUT2D eigenvalue weighted by Gasteiger charge is -2.34. The van der Waals surface area contributed by atoms with E-state index in [-0.39, 0.29) is 11.9 Å². The molecule has 0 N–H and O–H groups in total. The van der Waals surface area contributed by atoms with E-state index in [1.165, 1.54) is 0 Å². The van der Waals surface area contributed by atoms with Gasteiger partial charge in [0.25, 0.3) is 0 Å². The summed E-state index contributed by atoms with van der Waals surface area (Å²) in [6.07, 6.45) is 3.38.